The van der Waals surface area contributed by atoms with Crippen molar-refractivity contribution in [3.8, 4) is 0 Å². The minimum Gasteiger partial charge on any atom is -0.330 e. The Morgan fingerprint density at radius 1 is 1.00 bits per heavy atom. The summed E-state index contributed by atoms with van der Waals surface area (Å²) in [7, 11) is -2.90. The molecule has 1 rings (SSSR count). The number of nitrogens with zero attached hydrogens (tertiary/aromatic N) is 2. The summed E-state index contributed by atoms with van der Waals surface area (Å²) in [5.74, 6) is 0.290. The van der Waals surface area contributed by atoms with Gasteiger partial charge in [-0.3, -0.25) is 4.90 Å². The zero-order chi connectivity index (χ0) is 14.3. The molecule has 0 amide bonds. The first-order valence-corrected chi connectivity index (χ1v) is 9.03. The molecular weight excluding hydrogens is 262 g/mol. The molecule has 0 bridgehead atoms. The fourth-order valence-electron chi connectivity index (χ4n) is 2.21. The first-order valence-electron chi connectivity index (χ1n) is 7.32. The van der Waals surface area contributed by atoms with Crippen molar-refractivity contribution in [3.05, 3.63) is 0 Å². The molecule has 0 aliphatic carbocycles. The second kappa shape index (κ2) is 8.19. The van der Waals surface area contributed by atoms with Gasteiger partial charge in [-0.15, -0.1) is 0 Å². The van der Waals surface area contributed by atoms with Gasteiger partial charge in [0.25, 0.3) is 0 Å². The Balaban J connectivity index is 2.20. The fraction of sp³-hybridized carbons (Fsp3) is 1.00. The normalized spacial score (nSPS) is 19.2. The van der Waals surface area contributed by atoms with Gasteiger partial charge in [0.2, 0.25) is 0 Å². The predicted octanol–water partition coefficient (Wildman–Crippen LogP) is 0.166. The molecule has 1 fully saturated rings. The fourth-order valence-corrected chi connectivity index (χ4v) is 3.19. The van der Waals surface area contributed by atoms with E-state index < -0.39 is 9.84 Å². The summed E-state index contributed by atoms with van der Waals surface area (Å²) in [5.41, 5.74) is 5.49. The lowest BCUT2D eigenvalue weighted by Crippen LogP contribution is -2.48. The molecular formula is C13H29N3O2S. The Morgan fingerprint density at radius 3 is 2.00 bits per heavy atom. The average Bonchev–Trinajstić information content (AvgIpc) is 2.38. The molecule has 1 aliphatic rings. The van der Waals surface area contributed by atoms with Crippen molar-refractivity contribution in [2.75, 3.05) is 51.6 Å². The van der Waals surface area contributed by atoms with Crippen LogP contribution in [0.1, 0.15) is 26.7 Å². The molecule has 0 saturated carbocycles. The molecule has 0 aromatic heterocycles. The molecule has 6 heteroatoms. The highest BCUT2D eigenvalue weighted by Gasteiger charge is 2.20. The zero-order valence-electron chi connectivity index (χ0n) is 12.3. The average molecular weight is 291 g/mol. The quantitative estimate of drug-likeness (QED) is 0.646. The van der Waals surface area contributed by atoms with E-state index in [9.17, 15) is 8.42 Å². The predicted molar refractivity (Wildman–Crippen MR) is 80.1 cm³/mol. The number of unbranched alkanes of at least 4 members (excludes halogenated alkanes) is 1. The van der Waals surface area contributed by atoms with E-state index in [-0.39, 0.29) is 11.0 Å². The Morgan fingerprint density at radius 2 is 1.53 bits per heavy atom. The van der Waals surface area contributed by atoms with E-state index >= 15 is 0 Å². The molecule has 1 saturated heterocycles. The number of sulfone groups is 1. The molecule has 0 aromatic carbocycles. The van der Waals surface area contributed by atoms with Gasteiger partial charge in [-0.2, -0.15) is 0 Å². The van der Waals surface area contributed by atoms with Gasteiger partial charge in [0.1, 0.15) is 0 Å². The summed E-state index contributed by atoms with van der Waals surface area (Å²) < 4.78 is 23.5. The van der Waals surface area contributed by atoms with Gasteiger partial charge in [-0.05, 0) is 39.8 Å². The van der Waals surface area contributed by atoms with Crippen molar-refractivity contribution < 1.29 is 8.42 Å². The molecule has 0 spiro atoms. The van der Waals surface area contributed by atoms with Crippen LogP contribution in [0.4, 0.5) is 0 Å². The largest absolute Gasteiger partial charge is 0.330 e. The molecule has 0 radical (unpaired) electrons. The van der Waals surface area contributed by atoms with Crippen LogP contribution in [0.5, 0.6) is 0 Å². The Labute approximate surface area is 118 Å². The second-order valence-corrected chi connectivity index (χ2v) is 8.27. The number of hydrogen-bond donors (Lipinski definition) is 1. The molecule has 5 nitrogen and oxygen atoms in total. The van der Waals surface area contributed by atoms with E-state index in [0.29, 0.717) is 6.54 Å². The SMILES string of the molecule is CC(C)S(=O)(=O)CCN1CCN(CCCCN)CC1. The molecule has 114 valence electrons. The standard InChI is InChI=1S/C13H29N3O2S/c1-13(2)19(17,18)12-11-16-9-7-15(8-10-16)6-4-3-5-14/h13H,3-12,14H2,1-2H3. The molecule has 0 atom stereocenters. The number of hydrogen-bond acceptors (Lipinski definition) is 5. The van der Waals surface area contributed by atoms with Crippen LogP contribution in [-0.4, -0.2) is 75.0 Å². The summed E-state index contributed by atoms with van der Waals surface area (Å²) in [5, 5.41) is -0.259. The second-order valence-electron chi connectivity index (χ2n) is 5.59. The third kappa shape index (κ3) is 6.21. The number of rotatable bonds is 8. The van der Waals surface area contributed by atoms with Crippen LogP contribution in [0, 0.1) is 0 Å². The van der Waals surface area contributed by atoms with Crippen molar-refractivity contribution in [3.63, 3.8) is 0 Å². The summed E-state index contributed by atoms with van der Waals surface area (Å²) in [6, 6.07) is 0. The maximum Gasteiger partial charge on any atom is 0.153 e. The topological polar surface area (TPSA) is 66.6 Å². The lowest BCUT2D eigenvalue weighted by molar-refractivity contribution is 0.136. The third-order valence-corrected chi connectivity index (χ3v) is 5.99. The van der Waals surface area contributed by atoms with Crippen molar-refractivity contribution in [1.82, 2.24) is 9.80 Å². The van der Waals surface area contributed by atoms with Crippen molar-refractivity contribution in [2.45, 2.75) is 31.9 Å². The van der Waals surface area contributed by atoms with E-state index in [1.54, 1.807) is 13.8 Å². The lowest BCUT2D eigenvalue weighted by Gasteiger charge is -2.34. The summed E-state index contributed by atoms with van der Waals surface area (Å²) in [4.78, 5) is 4.71. The molecule has 2 N–H and O–H groups in total. The molecule has 0 unspecified atom stereocenters. The highest BCUT2D eigenvalue weighted by Crippen LogP contribution is 2.06. The first-order chi connectivity index (χ1) is 8.95. The van der Waals surface area contributed by atoms with Gasteiger partial charge < -0.3 is 10.6 Å². The van der Waals surface area contributed by atoms with E-state index in [0.717, 1.165) is 52.1 Å². The van der Waals surface area contributed by atoms with Crippen LogP contribution in [0.25, 0.3) is 0 Å². The summed E-state index contributed by atoms with van der Waals surface area (Å²) in [6.07, 6.45) is 2.26. The van der Waals surface area contributed by atoms with E-state index in [2.05, 4.69) is 9.80 Å². The number of piperazine rings is 1. The van der Waals surface area contributed by atoms with Gasteiger partial charge in [-0.25, -0.2) is 8.42 Å². The van der Waals surface area contributed by atoms with Gasteiger partial charge in [0.15, 0.2) is 9.84 Å². The molecule has 1 heterocycles. The minimum atomic E-state index is -2.90. The van der Waals surface area contributed by atoms with Crippen molar-refractivity contribution >= 4 is 9.84 Å². The summed E-state index contributed by atoms with van der Waals surface area (Å²) in [6.45, 7) is 10.1. The van der Waals surface area contributed by atoms with Gasteiger partial charge >= 0.3 is 0 Å². The van der Waals surface area contributed by atoms with Crippen molar-refractivity contribution in [2.24, 2.45) is 5.73 Å². The van der Waals surface area contributed by atoms with Crippen LogP contribution < -0.4 is 5.73 Å². The maximum absolute atomic E-state index is 11.8. The van der Waals surface area contributed by atoms with E-state index in [1.807, 2.05) is 0 Å². The number of nitrogens with two attached hydrogens (primary N) is 1. The van der Waals surface area contributed by atoms with Crippen LogP contribution >= 0.6 is 0 Å². The molecule has 0 aromatic rings. The van der Waals surface area contributed by atoms with E-state index in [4.69, 9.17) is 5.73 Å². The molecule has 19 heavy (non-hydrogen) atoms. The minimum absolute atomic E-state index is 0.259. The van der Waals surface area contributed by atoms with Gasteiger partial charge in [0, 0.05) is 32.7 Å². The highest BCUT2D eigenvalue weighted by molar-refractivity contribution is 7.92. The van der Waals surface area contributed by atoms with Crippen LogP contribution in [0.3, 0.4) is 0 Å². The van der Waals surface area contributed by atoms with Gasteiger partial charge in [-0.1, -0.05) is 0 Å². The van der Waals surface area contributed by atoms with Crippen LogP contribution in [0.15, 0.2) is 0 Å². The smallest absolute Gasteiger partial charge is 0.153 e. The Kier molecular flexibility index (Phi) is 7.28. The molecule has 1 aliphatic heterocycles. The highest BCUT2D eigenvalue weighted by atomic mass is 32.2. The zero-order valence-corrected chi connectivity index (χ0v) is 13.2. The monoisotopic (exact) mass is 291 g/mol. The Bertz CT molecular complexity index is 336. The first kappa shape index (κ1) is 16.9. The van der Waals surface area contributed by atoms with Crippen LogP contribution in [0.2, 0.25) is 0 Å². The summed E-state index contributed by atoms with van der Waals surface area (Å²) >= 11 is 0. The van der Waals surface area contributed by atoms with E-state index in [1.165, 1.54) is 0 Å². The van der Waals surface area contributed by atoms with Crippen molar-refractivity contribution in [1.29, 1.82) is 0 Å². The maximum atomic E-state index is 11.8. The van der Waals surface area contributed by atoms with Gasteiger partial charge in [0.05, 0.1) is 11.0 Å². The van der Waals surface area contributed by atoms with Crippen LogP contribution in [-0.2, 0) is 9.84 Å². The lowest BCUT2D eigenvalue weighted by atomic mass is 10.2. The Hall–Kier alpha value is -0.170. The third-order valence-electron chi connectivity index (χ3n) is 3.80.